The molecule has 0 aromatic heterocycles. The second-order valence-electron chi connectivity index (χ2n) is 10.5. The molecular weight excluding hydrogens is 423 g/mol. The van der Waals surface area contributed by atoms with Crippen LogP contribution in [0.5, 0.6) is 5.75 Å². The van der Waals surface area contributed by atoms with Crippen molar-refractivity contribution in [3.63, 3.8) is 0 Å². The van der Waals surface area contributed by atoms with Crippen LogP contribution in [0.25, 0.3) is 0 Å². The third-order valence-electron chi connectivity index (χ3n) is 8.25. The lowest BCUT2D eigenvalue weighted by Gasteiger charge is -2.32. The van der Waals surface area contributed by atoms with Crippen LogP contribution in [0, 0.1) is 18.7 Å². The molecule has 3 heteroatoms. The molecule has 0 spiro atoms. The summed E-state index contributed by atoms with van der Waals surface area (Å²) in [5.41, 5.74) is 4.11. The molecule has 0 amide bonds. The monoisotopic (exact) mass is 466 g/mol. The molecule has 1 aliphatic carbocycles. The van der Waals surface area contributed by atoms with Crippen LogP contribution >= 0.6 is 0 Å². The first-order valence-corrected chi connectivity index (χ1v) is 13.7. The van der Waals surface area contributed by atoms with E-state index in [1.54, 1.807) is 0 Å². The van der Waals surface area contributed by atoms with Crippen LogP contribution in [0.3, 0.4) is 0 Å². The molecule has 2 fully saturated rings. The van der Waals surface area contributed by atoms with Gasteiger partial charge in [-0.25, -0.2) is 4.39 Å². The average Bonchev–Trinajstić information content (AvgIpc) is 2.87. The first-order valence-electron chi connectivity index (χ1n) is 13.7. The summed E-state index contributed by atoms with van der Waals surface area (Å²) in [7, 11) is 0. The Morgan fingerprint density at radius 1 is 0.853 bits per heavy atom. The number of hydrogen-bond donors (Lipinski definition) is 0. The molecule has 2 atom stereocenters. The van der Waals surface area contributed by atoms with Crippen LogP contribution in [0.2, 0.25) is 0 Å². The fourth-order valence-corrected chi connectivity index (χ4v) is 6.12. The summed E-state index contributed by atoms with van der Waals surface area (Å²) in [6, 6.07) is 12.6. The van der Waals surface area contributed by atoms with E-state index in [0.29, 0.717) is 25.0 Å². The summed E-state index contributed by atoms with van der Waals surface area (Å²) >= 11 is 0. The molecule has 1 saturated heterocycles. The predicted molar refractivity (Wildman–Crippen MR) is 138 cm³/mol. The Kier molecular flexibility index (Phi) is 9.05. The Labute approximate surface area is 206 Å². The Morgan fingerprint density at radius 2 is 1.56 bits per heavy atom. The Morgan fingerprint density at radius 3 is 2.21 bits per heavy atom. The van der Waals surface area contributed by atoms with Crippen molar-refractivity contribution in [3.8, 4) is 5.75 Å². The molecule has 2 unspecified atom stereocenters. The first kappa shape index (κ1) is 25.2. The molecule has 2 aliphatic rings. The molecular formula is C31H43FO2. The van der Waals surface area contributed by atoms with Gasteiger partial charge in [0.25, 0.3) is 0 Å². The summed E-state index contributed by atoms with van der Waals surface area (Å²) in [4.78, 5) is 0. The first-order chi connectivity index (χ1) is 16.6. The summed E-state index contributed by atoms with van der Waals surface area (Å²) < 4.78 is 27.3. The fraction of sp³-hybridized carbons (Fsp3) is 0.613. The zero-order chi connectivity index (χ0) is 23.9. The largest absolute Gasteiger partial charge is 0.494 e. The van der Waals surface area contributed by atoms with E-state index in [2.05, 4.69) is 25.1 Å². The minimum Gasteiger partial charge on any atom is -0.494 e. The second-order valence-corrected chi connectivity index (χ2v) is 10.5. The van der Waals surface area contributed by atoms with Crippen molar-refractivity contribution >= 4 is 0 Å². The molecule has 0 N–H and O–H groups in total. The van der Waals surface area contributed by atoms with E-state index >= 15 is 4.39 Å². The molecule has 186 valence electrons. The van der Waals surface area contributed by atoms with Crippen LogP contribution in [0.1, 0.15) is 118 Å². The Balaban J connectivity index is 1.34. The number of benzene rings is 2. The van der Waals surface area contributed by atoms with Crippen molar-refractivity contribution in [1.82, 2.24) is 0 Å². The van der Waals surface area contributed by atoms with Gasteiger partial charge in [0, 0.05) is 11.5 Å². The summed E-state index contributed by atoms with van der Waals surface area (Å²) in [5, 5.41) is 0. The highest BCUT2D eigenvalue weighted by Gasteiger charge is 2.29. The second kappa shape index (κ2) is 12.2. The van der Waals surface area contributed by atoms with Crippen LogP contribution in [-0.2, 0) is 4.74 Å². The van der Waals surface area contributed by atoms with Crippen LogP contribution in [0.4, 0.5) is 4.39 Å². The predicted octanol–water partition coefficient (Wildman–Crippen LogP) is 9.02. The lowest BCUT2D eigenvalue weighted by Crippen LogP contribution is -2.21. The van der Waals surface area contributed by atoms with Crippen molar-refractivity contribution < 1.29 is 13.9 Å². The van der Waals surface area contributed by atoms with Gasteiger partial charge in [-0.1, -0.05) is 56.9 Å². The number of ether oxygens (including phenoxy) is 2. The van der Waals surface area contributed by atoms with Gasteiger partial charge in [-0.3, -0.25) is 0 Å². The van der Waals surface area contributed by atoms with E-state index in [1.165, 1.54) is 62.5 Å². The van der Waals surface area contributed by atoms with Crippen LogP contribution < -0.4 is 4.74 Å². The average molecular weight is 467 g/mol. The summed E-state index contributed by atoms with van der Waals surface area (Å²) in [6.45, 7) is 7.57. The minimum atomic E-state index is -0.138. The SMILES string of the molecule is CCCCCC1CCC(c2ccc(C3CCC(c4ccc(OCC)cc4)CO3)c(F)c2C)CC1. The van der Waals surface area contributed by atoms with E-state index in [-0.39, 0.29) is 11.9 Å². The third-order valence-corrected chi connectivity index (χ3v) is 8.25. The van der Waals surface area contributed by atoms with E-state index in [1.807, 2.05) is 32.0 Å². The topological polar surface area (TPSA) is 18.5 Å². The number of rotatable bonds is 9. The van der Waals surface area contributed by atoms with Crippen molar-refractivity contribution in [1.29, 1.82) is 0 Å². The summed E-state index contributed by atoms with van der Waals surface area (Å²) in [6.07, 6.45) is 12.2. The van der Waals surface area contributed by atoms with Crippen molar-refractivity contribution in [2.75, 3.05) is 13.2 Å². The molecule has 1 heterocycles. The molecule has 2 aromatic rings. The highest BCUT2D eigenvalue weighted by atomic mass is 19.1. The highest BCUT2D eigenvalue weighted by Crippen LogP contribution is 2.42. The van der Waals surface area contributed by atoms with E-state index in [4.69, 9.17) is 9.47 Å². The van der Waals surface area contributed by atoms with E-state index in [9.17, 15) is 0 Å². The third kappa shape index (κ3) is 6.03. The van der Waals surface area contributed by atoms with Crippen molar-refractivity contribution in [2.24, 2.45) is 5.92 Å². The maximum absolute atomic E-state index is 15.5. The van der Waals surface area contributed by atoms with E-state index in [0.717, 1.165) is 35.6 Å². The maximum atomic E-state index is 15.5. The van der Waals surface area contributed by atoms with Gasteiger partial charge < -0.3 is 9.47 Å². The number of unbranched alkanes of at least 4 members (excludes halogenated alkanes) is 2. The quantitative estimate of drug-likeness (QED) is 0.343. The van der Waals surface area contributed by atoms with Crippen LogP contribution in [-0.4, -0.2) is 13.2 Å². The molecule has 2 aromatic carbocycles. The molecule has 0 radical (unpaired) electrons. The molecule has 2 nitrogen and oxygen atoms in total. The molecule has 0 bridgehead atoms. The van der Waals surface area contributed by atoms with Gasteiger partial charge in [-0.15, -0.1) is 0 Å². The fourth-order valence-electron chi connectivity index (χ4n) is 6.12. The van der Waals surface area contributed by atoms with Crippen molar-refractivity contribution in [2.45, 2.75) is 103 Å². The molecule has 4 rings (SSSR count). The zero-order valence-electron chi connectivity index (χ0n) is 21.5. The molecule has 1 saturated carbocycles. The standard InChI is InChI=1S/C31H43FO2/c1-4-6-7-8-23-9-11-25(12-10-23)28-18-19-29(31(32)22(28)3)30-20-15-26(21-34-30)24-13-16-27(17-14-24)33-5-2/h13-14,16-19,23,25-26,30H,4-12,15,20-21H2,1-3H3. The normalized spacial score (nSPS) is 25.3. The van der Waals surface area contributed by atoms with Gasteiger partial charge in [0.15, 0.2) is 0 Å². The van der Waals surface area contributed by atoms with Gasteiger partial charge in [0.2, 0.25) is 0 Å². The number of halogens is 1. The minimum absolute atomic E-state index is 0.0351. The number of hydrogen-bond acceptors (Lipinski definition) is 2. The van der Waals surface area contributed by atoms with Gasteiger partial charge >= 0.3 is 0 Å². The maximum Gasteiger partial charge on any atom is 0.132 e. The van der Waals surface area contributed by atoms with Gasteiger partial charge in [0.05, 0.1) is 19.3 Å². The van der Waals surface area contributed by atoms with E-state index < -0.39 is 0 Å². The molecule has 1 aliphatic heterocycles. The smallest absolute Gasteiger partial charge is 0.132 e. The summed E-state index contributed by atoms with van der Waals surface area (Å²) in [5.74, 6) is 2.63. The Hall–Kier alpha value is -1.87. The van der Waals surface area contributed by atoms with Gasteiger partial charge in [-0.2, -0.15) is 0 Å². The Bertz CT molecular complexity index is 890. The van der Waals surface area contributed by atoms with Gasteiger partial charge in [-0.05, 0) is 93.0 Å². The molecule has 34 heavy (non-hydrogen) atoms. The lowest BCUT2D eigenvalue weighted by atomic mass is 9.75. The highest BCUT2D eigenvalue weighted by molar-refractivity contribution is 5.37. The van der Waals surface area contributed by atoms with Crippen LogP contribution in [0.15, 0.2) is 36.4 Å². The van der Waals surface area contributed by atoms with Gasteiger partial charge in [0.1, 0.15) is 11.6 Å². The zero-order valence-corrected chi connectivity index (χ0v) is 21.5. The van der Waals surface area contributed by atoms with Crippen molar-refractivity contribution in [3.05, 3.63) is 64.5 Å². The lowest BCUT2D eigenvalue weighted by molar-refractivity contribution is 0.000328.